The Bertz CT molecular complexity index is 860. The van der Waals surface area contributed by atoms with Crippen LogP contribution < -0.4 is 0 Å². The minimum Gasteiger partial charge on any atom is -0.329 e. The summed E-state index contributed by atoms with van der Waals surface area (Å²) in [5, 5.41) is 8.01. The number of benzene rings is 1. The van der Waals surface area contributed by atoms with Crippen LogP contribution in [0.4, 0.5) is 13.2 Å². The molecule has 1 fully saturated rings. The van der Waals surface area contributed by atoms with Crippen molar-refractivity contribution in [1.82, 2.24) is 24.5 Å². The van der Waals surface area contributed by atoms with E-state index in [0.717, 1.165) is 30.8 Å². The van der Waals surface area contributed by atoms with Crippen LogP contribution in [-0.2, 0) is 12.7 Å². The van der Waals surface area contributed by atoms with E-state index in [9.17, 15) is 13.2 Å². The maximum atomic E-state index is 12.8. The molecule has 24 heavy (non-hydrogen) atoms. The van der Waals surface area contributed by atoms with Crippen molar-refractivity contribution in [1.29, 1.82) is 0 Å². The van der Waals surface area contributed by atoms with E-state index in [-0.39, 0.29) is 0 Å². The Morgan fingerprint density at radius 1 is 1.21 bits per heavy atom. The van der Waals surface area contributed by atoms with E-state index in [1.807, 2.05) is 10.8 Å². The van der Waals surface area contributed by atoms with Gasteiger partial charge in [0.25, 0.3) is 0 Å². The van der Waals surface area contributed by atoms with Crippen LogP contribution in [0.1, 0.15) is 35.8 Å². The first-order valence-corrected chi connectivity index (χ1v) is 7.60. The highest BCUT2D eigenvalue weighted by Gasteiger charge is 2.30. The standard InChI is InChI=1S/C16H14F3N5/c17-16(18,19)12-2-1-3-14(8-12)24-10-13(21-22-24)9-23-7-6-20-15(23)11-4-5-11/h1-3,6-8,10-11H,4-5,9H2. The second-order valence-corrected chi connectivity index (χ2v) is 5.89. The highest BCUT2D eigenvalue weighted by atomic mass is 19.4. The molecule has 0 amide bonds. The molecule has 0 radical (unpaired) electrons. The molecule has 1 saturated carbocycles. The number of hydrogen-bond acceptors (Lipinski definition) is 3. The maximum Gasteiger partial charge on any atom is 0.416 e. The fraction of sp³-hybridized carbons (Fsp3) is 0.312. The van der Waals surface area contributed by atoms with Gasteiger partial charge >= 0.3 is 6.18 Å². The van der Waals surface area contributed by atoms with Gasteiger partial charge in [-0.2, -0.15) is 13.2 Å². The molecule has 0 saturated heterocycles. The molecule has 0 bridgehead atoms. The summed E-state index contributed by atoms with van der Waals surface area (Å²) in [5.74, 6) is 1.54. The molecule has 1 aliphatic carbocycles. The van der Waals surface area contributed by atoms with Gasteiger partial charge in [-0.05, 0) is 31.0 Å². The monoisotopic (exact) mass is 333 g/mol. The Morgan fingerprint density at radius 3 is 2.79 bits per heavy atom. The number of alkyl halides is 3. The summed E-state index contributed by atoms with van der Waals surface area (Å²) in [6.45, 7) is 0.505. The molecule has 0 spiro atoms. The van der Waals surface area contributed by atoms with Gasteiger partial charge in [-0.15, -0.1) is 5.10 Å². The number of imidazole rings is 1. The van der Waals surface area contributed by atoms with Crippen molar-refractivity contribution < 1.29 is 13.2 Å². The largest absolute Gasteiger partial charge is 0.416 e. The van der Waals surface area contributed by atoms with Gasteiger partial charge in [0.2, 0.25) is 0 Å². The van der Waals surface area contributed by atoms with Crippen molar-refractivity contribution in [2.24, 2.45) is 0 Å². The molecule has 8 heteroatoms. The third-order valence-electron chi connectivity index (χ3n) is 4.00. The van der Waals surface area contributed by atoms with Crippen LogP contribution in [0.25, 0.3) is 5.69 Å². The molecule has 4 rings (SSSR count). The highest BCUT2D eigenvalue weighted by molar-refractivity contribution is 5.36. The summed E-state index contributed by atoms with van der Waals surface area (Å²) in [4.78, 5) is 4.36. The van der Waals surface area contributed by atoms with Crippen LogP contribution in [0.2, 0.25) is 0 Å². The smallest absolute Gasteiger partial charge is 0.329 e. The quantitative estimate of drug-likeness (QED) is 0.735. The van der Waals surface area contributed by atoms with Crippen molar-refractivity contribution in [2.75, 3.05) is 0 Å². The summed E-state index contributed by atoms with van der Waals surface area (Å²) >= 11 is 0. The topological polar surface area (TPSA) is 48.5 Å². The highest BCUT2D eigenvalue weighted by Crippen LogP contribution is 2.39. The third-order valence-corrected chi connectivity index (χ3v) is 4.00. The molecule has 0 unspecified atom stereocenters. The predicted octanol–water partition coefficient (Wildman–Crippen LogP) is 3.41. The van der Waals surface area contributed by atoms with Crippen molar-refractivity contribution in [2.45, 2.75) is 31.5 Å². The fourth-order valence-electron chi connectivity index (χ4n) is 2.65. The molecule has 0 aliphatic heterocycles. The van der Waals surface area contributed by atoms with Gasteiger partial charge in [0, 0.05) is 18.3 Å². The first kappa shape index (κ1) is 14.9. The van der Waals surface area contributed by atoms with E-state index in [1.54, 1.807) is 18.5 Å². The van der Waals surface area contributed by atoms with Crippen LogP contribution in [0, 0.1) is 0 Å². The summed E-state index contributed by atoms with van der Waals surface area (Å²) in [6.07, 6.45) is 3.20. The molecule has 5 nitrogen and oxygen atoms in total. The number of hydrogen-bond donors (Lipinski definition) is 0. The van der Waals surface area contributed by atoms with Crippen LogP contribution >= 0.6 is 0 Å². The Kier molecular flexibility index (Phi) is 3.40. The average molecular weight is 333 g/mol. The molecule has 0 N–H and O–H groups in total. The van der Waals surface area contributed by atoms with E-state index in [2.05, 4.69) is 15.3 Å². The summed E-state index contributed by atoms with van der Waals surface area (Å²) in [6, 6.07) is 5.03. The van der Waals surface area contributed by atoms with Crippen LogP contribution in [0.3, 0.4) is 0 Å². The molecule has 2 aromatic heterocycles. The zero-order valence-electron chi connectivity index (χ0n) is 12.6. The summed E-state index contributed by atoms with van der Waals surface area (Å²) < 4.78 is 41.8. The van der Waals surface area contributed by atoms with E-state index in [1.165, 1.54) is 10.7 Å². The summed E-state index contributed by atoms with van der Waals surface area (Å²) in [5.41, 5.74) is 0.298. The Balaban J connectivity index is 1.57. The molecule has 2 heterocycles. The van der Waals surface area contributed by atoms with Crippen LogP contribution in [0.5, 0.6) is 0 Å². The molecule has 3 aromatic rings. The lowest BCUT2D eigenvalue weighted by atomic mass is 10.2. The molecule has 1 aromatic carbocycles. The molecular formula is C16H14F3N5. The zero-order valence-corrected chi connectivity index (χ0v) is 12.6. The van der Waals surface area contributed by atoms with Crippen molar-refractivity contribution in [3.63, 3.8) is 0 Å². The van der Waals surface area contributed by atoms with E-state index < -0.39 is 11.7 Å². The van der Waals surface area contributed by atoms with Gasteiger partial charge in [-0.1, -0.05) is 11.3 Å². The number of nitrogens with zero attached hydrogens (tertiary/aromatic N) is 5. The van der Waals surface area contributed by atoms with Crippen molar-refractivity contribution in [3.8, 4) is 5.69 Å². The van der Waals surface area contributed by atoms with Crippen LogP contribution in [0.15, 0.2) is 42.9 Å². The van der Waals surface area contributed by atoms with Gasteiger partial charge in [0.1, 0.15) is 11.5 Å². The van der Waals surface area contributed by atoms with E-state index >= 15 is 0 Å². The fourth-order valence-corrected chi connectivity index (χ4v) is 2.65. The van der Waals surface area contributed by atoms with Gasteiger partial charge in [-0.25, -0.2) is 9.67 Å². The van der Waals surface area contributed by atoms with Gasteiger partial charge in [0.15, 0.2) is 0 Å². The zero-order chi connectivity index (χ0) is 16.7. The maximum absolute atomic E-state index is 12.8. The lowest BCUT2D eigenvalue weighted by molar-refractivity contribution is -0.137. The Morgan fingerprint density at radius 2 is 2.04 bits per heavy atom. The van der Waals surface area contributed by atoms with E-state index in [0.29, 0.717) is 23.8 Å². The number of halogens is 3. The van der Waals surface area contributed by atoms with Gasteiger partial charge in [0.05, 0.1) is 24.0 Å². The first-order valence-electron chi connectivity index (χ1n) is 7.60. The Hall–Kier alpha value is -2.64. The Labute approximate surface area is 135 Å². The predicted molar refractivity (Wildman–Crippen MR) is 79.7 cm³/mol. The minimum absolute atomic E-state index is 0.330. The average Bonchev–Trinajstić information content (AvgIpc) is 3.11. The molecule has 1 aliphatic rings. The van der Waals surface area contributed by atoms with Crippen molar-refractivity contribution in [3.05, 3.63) is 59.9 Å². The second-order valence-electron chi connectivity index (χ2n) is 5.89. The number of rotatable bonds is 4. The van der Waals surface area contributed by atoms with Crippen molar-refractivity contribution >= 4 is 0 Å². The molecule has 0 atom stereocenters. The summed E-state index contributed by atoms with van der Waals surface area (Å²) in [7, 11) is 0. The van der Waals surface area contributed by atoms with Crippen LogP contribution in [-0.4, -0.2) is 24.5 Å². The molecular weight excluding hydrogens is 319 g/mol. The van der Waals surface area contributed by atoms with Gasteiger partial charge < -0.3 is 4.57 Å². The van der Waals surface area contributed by atoms with Gasteiger partial charge in [-0.3, -0.25) is 0 Å². The lowest BCUT2D eigenvalue weighted by Crippen LogP contribution is -2.06. The third kappa shape index (κ3) is 2.91. The SMILES string of the molecule is FC(F)(F)c1cccc(-n2cc(Cn3ccnc3C3CC3)nn2)c1. The molecule has 124 valence electrons. The number of aromatic nitrogens is 5. The first-order chi connectivity index (χ1) is 11.5. The lowest BCUT2D eigenvalue weighted by Gasteiger charge is -2.08. The van der Waals surface area contributed by atoms with E-state index in [4.69, 9.17) is 0 Å². The second kappa shape index (κ2) is 5.47. The normalized spacial score (nSPS) is 15.0. The minimum atomic E-state index is -4.38.